The molecule has 1 heterocycles. The van der Waals surface area contributed by atoms with Gasteiger partial charge in [-0.3, -0.25) is 0 Å². The van der Waals surface area contributed by atoms with Crippen molar-refractivity contribution in [1.29, 1.82) is 0 Å². The number of halogens is 1. The third-order valence-corrected chi connectivity index (χ3v) is 3.48. The second-order valence-electron chi connectivity index (χ2n) is 3.08. The number of aromatic nitrogens is 2. The molecule has 0 atom stereocenters. The fraction of sp³-hybridized carbons (Fsp3) is 0.429. The smallest absolute Gasteiger partial charge is 0.225 e. The van der Waals surface area contributed by atoms with E-state index in [0.717, 1.165) is 12.8 Å². The first-order valence-electron chi connectivity index (χ1n) is 4.08. The Hall–Kier alpha value is -0.720. The highest BCUT2D eigenvalue weighted by Gasteiger charge is 2.28. The molecule has 7 heteroatoms. The number of hydrogen-bond acceptors (Lipinski definition) is 4. The van der Waals surface area contributed by atoms with Crippen LogP contribution in [0.2, 0.25) is 5.28 Å². The van der Waals surface area contributed by atoms with Crippen molar-refractivity contribution < 1.29 is 8.42 Å². The molecule has 0 unspecified atom stereocenters. The largest absolute Gasteiger partial charge is 0.243 e. The van der Waals surface area contributed by atoms with Crippen molar-refractivity contribution in [2.75, 3.05) is 0 Å². The molecule has 0 radical (unpaired) electrons. The minimum absolute atomic E-state index is 0.0374. The lowest BCUT2D eigenvalue weighted by Crippen LogP contribution is -2.25. The maximum atomic E-state index is 11.6. The van der Waals surface area contributed by atoms with Gasteiger partial charge in [-0.2, -0.15) is 0 Å². The van der Waals surface area contributed by atoms with Crippen LogP contribution in [0.5, 0.6) is 0 Å². The van der Waals surface area contributed by atoms with Crippen LogP contribution in [0, 0.1) is 0 Å². The molecule has 1 aliphatic carbocycles. The highest BCUT2D eigenvalue weighted by atomic mass is 35.5. The quantitative estimate of drug-likeness (QED) is 0.775. The summed E-state index contributed by atoms with van der Waals surface area (Å²) in [6.45, 7) is 0. The lowest BCUT2D eigenvalue weighted by molar-refractivity contribution is 0.580. The lowest BCUT2D eigenvalue weighted by Gasteiger charge is -2.03. The van der Waals surface area contributed by atoms with E-state index in [1.807, 2.05) is 0 Å². The second-order valence-corrected chi connectivity index (χ2v) is 5.14. The van der Waals surface area contributed by atoms with Gasteiger partial charge in [0.25, 0.3) is 0 Å². The molecule has 1 aliphatic rings. The normalized spacial score (nSPS) is 16.9. The van der Waals surface area contributed by atoms with Gasteiger partial charge in [-0.1, -0.05) is 0 Å². The van der Waals surface area contributed by atoms with Crippen molar-refractivity contribution in [1.82, 2.24) is 14.7 Å². The first-order valence-corrected chi connectivity index (χ1v) is 5.94. The first-order chi connectivity index (χ1) is 6.58. The average Bonchev–Trinajstić information content (AvgIpc) is 2.88. The zero-order valence-corrected chi connectivity index (χ0v) is 8.72. The van der Waals surface area contributed by atoms with Crippen molar-refractivity contribution in [3.63, 3.8) is 0 Å². The molecule has 2 rings (SSSR count). The van der Waals surface area contributed by atoms with Crippen LogP contribution in [-0.4, -0.2) is 24.4 Å². The number of nitrogens with zero attached hydrogens (tertiary/aromatic N) is 2. The zero-order valence-electron chi connectivity index (χ0n) is 7.14. The Balaban J connectivity index is 2.24. The summed E-state index contributed by atoms with van der Waals surface area (Å²) in [6, 6.07) is 0.0793. The van der Waals surface area contributed by atoms with Crippen LogP contribution in [0.4, 0.5) is 0 Å². The second kappa shape index (κ2) is 3.45. The van der Waals surface area contributed by atoms with Crippen LogP contribution in [0.1, 0.15) is 12.8 Å². The summed E-state index contributed by atoms with van der Waals surface area (Å²) in [5.74, 6) is 0. The third kappa shape index (κ3) is 2.20. The van der Waals surface area contributed by atoms with Crippen molar-refractivity contribution in [3.8, 4) is 0 Å². The van der Waals surface area contributed by atoms with Crippen LogP contribution in [0.3, 0.4) is 0 Å². The molecule has 0 saturated heterocycles. The number of rotatable bonds is 3. The van der Waals surface area contributed by atoms with Crippen molar-refractivity contribution in [2.24, 2.45) is 0 Å². The Morgan fingerprint density at radius 1 is 1.36 bits per heavy atom. The molecular weight excluding hydrogens is 226 g/mol. The summed E-state index contributed by atoms with van der Waals surface area (Å²) < 4.78 is 25.6. The summed E-state index contributed by atoms with van der Waals surface area (Å²) in [6.07, 6.45) is 4.18. The van der Waals surface area contributed by atoms with Gasteiger partial charge in [-0.15, -0.1) is 0 Å². The average molecular weight is 234 g/mol. The molecule has 1 saturated carbocycles. The van der Waals surface area contributed by atoms with E-state index in [1.165, 1.54) is 12.4 Å². The number of nitrogens with one attached hydrogen (secondary N) is 1. The van der Waals surface area contributed by atoms with Gasteiger partial charge in [-0.25, -0.2) is 23.1 Å². The van der Waals surface area contributed by atoms with E-state index in [1.54, 1.807) is 0 Å². The van der Waals surface area contributed by atoms with Crippen LogP contribution in [-0.2, 0) is 10.0 Å². The zero-order chi connectivity index (χ0) is 10.2. The van der Waals surface area contributed by atoms with E-state index < -0.39 is 10.0 Å². The summed E-state index contributed by atoms with van der Waals surface area (Å²) >= 11 is 5.44. The van der Waals surface area contributed by atoms with Crippen molar-refractivity contribution in [2.45, 2.75) is 23.8 Å². The minimum Gasteiger partial charge on any atom is -0.225 e. The first kappa shape index (κ1) is 9.82. The van der Waals surface area contributed by atoms with Gasteiger partial charge in [0.15, 0.2) is 0 Å². The molecule has 1 fully saturated rings. The van der Waals surface area contributed by atoms with E-state index in [9.17, 15) is 8.42 Å². The fourth-order valence-corrected chi connectivity index (χ4v) is 2.22. The Labute approximate surface area is 86.6 Å². The maximum Gasteiger partial charge on any atom is 0.243 e. The molecule has 1 aromatic rings. The van der Waals surface area contributed by atoms with Gasteiger partial charge in [0.05, 0.1) is 12.4 Å². The lowest BCUT2D eigenvalue weighted by atomic mass is 10.7. The fourth-order valence-electron chi connectivity index (χ4n) is 0.928. The predicted octanol–water partition coefficient (Wildman–Crippen LogP) is 0.571. The Morgan fingerprint density at radius 3 is 2.43 bits per heavy atom. The Kier molecular flexibility index (Phi) is 2.42. The predicted molar refractivity (Wildman–Crippen MR) is 50.4 cm³/mol. The van der Waals surface area contributed by atoms with Gasteiger partial charge in [-0.05, 0) is 24.4 Å². The standard InChI is InChI=1S/C7H8ClN3O2S/c8-7-9-3-6(4-10-7)14(12,13)11-5-1-2-5/h3-5,11H,1-2H2. The number of hydrogen-bond donors (Lipinski definition) is 1. The molecule has 0 spiro atoms. The van der Waals surface area contributed by atoms with Gasteiger partial charge in [0.2, 0.25) is 15.3 Å². The van der Waals surface area contributed by atoms with E-state index in [4.69, 9.17) is 11.6 Å². The molecule has 0 bridgehead atoms. The number of sulfonamides is 1. The van der Waals surface area contributed by atoms with Crippen LogP contribution < -0.4 is 4.72 Å². The molecule has 14 heavy (non-hydrogen) atoms. The Bertz CT molecular complexity index is 427. The van der Waals surface area contributed by atoms with Gasteiger partial charge in [0.1, 0.15) is 4.90 Å². The summed E-state index contributed by atoms with van der Waals surface area (Å²) in [7, 11) is -3.45. The molecule has 0 amide bonds. The van der Waals surface area contributed by atoms with E-state index >= 15 is 0 Å². The van der Waals surface area contributed by atoms with Gasteiger partial charge < -0.3 is 0 Å². The molecule has 1 N–H and O–H groups in total. The van der Waals surface area contributed by atoms with E-state index in [2.05, 4.69) is 14.7 Å². The summed E-state index contributed by atoms with van der Waals surface area (Å²) in [4.78, 5) is 7.27. The molecule has 1 aromatic heterocycles. The minimum atomic E-state index is -3.45. The van der Waals surface area contributed by atoms with Gasteiger partial charge >= 0.3 is 0 Å². The van der Waals surface area contributed by atoms with Crippen molar-refractivity contribution >= 4 is 21.6 Å². The topological polar surface area (TPSA) is 72.0 Å². The summed E-state index contributed by atoms with van der Waals surface area (Å²) in [5, 5.41) is 0.0374. The molecular formula is C7H8ClN3O2S. The summed E-state index contributed by atoms with van der Waals surface area (Å²) in [5.41, 5.74) is 0. The third-order valence-electron chi connectivity index (χ3n) is 1.81. The highest BCUT2D eigenvalue weighted by molar-refractivity contribution is 7.89. The SMILES string of the molecule is O=S(=O)(NC1CC1)c1cnc(Cl)nc1. The van der Waals surface area contributed by atoms with Crippen LogP contribution in [0.25, 0.3) is 0 Å². The molecule has 0 aliphatic heterocycles. The van der Waals surface area contributed by atoms with Gasteiger partial charge in [0, 0.05) is 6.04 Å². The van der Waals surface area contributed by atoms with Crippen molar-refractivity contribution in [3.05, 3.63) is 17.7 Å². The highest BCUT2D eigenvalue weighted by Crippen LogP contribution is 2.21. The van der Waals surface area contributed by atoms with E-state index in [-0.39, 0.29) is 16.2 Å². The molecule has 0 aromatic carbocycles. The monoisotopic (exact) mass is 233 g/mol. The Morgan fingerprint density at radius 2 is 1.93 bits per heavy atom. The van der Waals surface area contributed by atoms with Crippen LogP contribution in [0.15, 0.2) is 17.3 Å². The molecule has 76 valence electrons. The van der Waals surface area contributed by atoms with E-state index in [0.29, 0.717) is 0 Å². The van der Waals surface area contributed by atoms with Crippen LogP contribution >= 0.6 is 11.6 Å². The maximum absolute atomic E-state index is 11.6. The molecule has 5 nitrogen and oxygen atoms in total.